The van der Waals surface area contributed by atoms with Gasteiger partial charge in [0.25, 0.3) is 0 Å². The first-order chi connectivity index (χ1) is 40.0. The molecule has 0 amide bonds. The first-order valence-corrected chi connectivity index (χ1v) is 37.7. The van der Waals surface area contributed by atoms with E-state index in [2.05, 4.69) is 174 Å². The maximum absolute atomic E-state index is 15.2. The molecule has 0 N–H and O–H groups in total. The van der Waals surface area contributed by atoms with Crippen molar-refractivity contribution in [3.8, 4) is 16.9 Å². The predicted molar refractivity (Wildman–Crippen MR) is 355 cm³/mol. The van der Waals surface area contributed by atoms with Crippen LogP contribution in [0.15, 0.2) is 109 Å². The third kappa shape index (κ3) is 13.0. The van der Waals surface area contributed by atoms with Gasteiger partial charge in [0.15, 0.2) is 16.6 Å². The quantitative estimate of drug-likeness (QED) is 0.0335. The van der Waals surface area contributed by atoms with Crippen molar-refractivity contribution in [3.05, 3.63) is 160 Å². The highest BCUT2D eigenvalue weighted by atomic mass is 35.5. The molecule has 0 aliphatic carbocycles. The molecule has 3 aromatic heterocycles. The third-order valence-electron chi connectivity index (χ3n) is 18.5. The molecule has 1 atom stereocenters. The lowest BCUT2D eigenvalue weighted by atomic mass is 9.95. The number of aryl methyl sites for hydroxylation is 6. The van der Waals surface area contributed by atoms with E-state index in [9.17, 15) is 4.79 Å². The second-order valence-corrected chi connectivity index (χ2v) is 41.7. The maximum atomic E-state index is 15.2. The zero-order chi connectivity index (χ0) is 62.1. The second-order valence-electron chi connectivity index (χ2n) is 26.8. The minimum absolute atomic E-state index is 0.0713. The van der Waals surface area contributed by atoms with E-state index in [1.165, 1.54) is 23.5 Å². The highest BCUT2D eigenvalue weighted by Crippen LogP contribution is 2.47. The number of carbonyl (C=O) groups excluding carboxylic acids is 1. The van der Waals surface area contributed by atoms with Crippen molar-refractivity contribution < 1.29 is 31.9 Å². The molecule has 1 unspecified atom stereocenters. The number of halogens is 2. The van der Waals surface area contributed by atoms with Gasteiger partial charge in [0.1, 0.15) is 29.1 Å². The Labute approximate surface area is 513 Å². The maximum Gasteiger partial charge on any atom is 0.354 e. The molecule has 8 aromatic rings. The predicted octanol–water partition coefficient (Wildman–Crippen LogP) is 16.7. The van der Waals surface area contributed by atoms with Crippen LogP contribution in [0.25, 0.3) is 32.8 Å². The number of rotatable bonds is 24. The fourth-order valence-corrected chi connectivity index (χ4v) is 24.3. The topological polar surface area (TPSA) is 104 Å². The highest BCUT2D eigenvalue weighted by Gasteiger charge is 2.52. The zero-order valence-corrected chi connectivity index (χ0v) is 57.8. The Morgan fingerprint density at radius 2 is 1.35 bits per heavy atom. The number of methoxy groups -OCH3 is 1. The average Bonchev–Trinajstić information content (AvgIpc) is 1.78. The highest BCUT2D eigenvalue weighted by molar-refractivity contribution is 7.00. The van der Waals surface area contributed by atoms with Crippen LogP contribution in [0.3, 0.4) is 0 Å². The first kappa shape index (κ1) is 65.3. The van der Waals surface area contributed by atoms with Gasteiger partial charge in [-0.3, -0.25) is 9.36 Å². The van der Waals surface area contributed by atoms with Gasteiger partial charge >= 0.3 is 14.3 Å². The fraction of sp³-hybridized carbons (Fsp3) is 0.464. The van der Waals surface area contributed by atoms with E-state index in [0.29, 0.717) is 65.4 Å². The largest absolute Gasteiger partial charge is 0.534 e. The Hall–Kier alpha value is -5.66. The van der Waals surface area contributed by atoms with Crippen LogP contribution in [0.2, 0.25) is 44.8 Å². The van der Waals surface area contributed by atoms with Gasteiger partial charge in [-0.1, -0.05) is 161 Å². The molecule has 11 nitrogen and oxygen atoms in total. The molecule has 3 heterocycles. The van der Waals surface area contributed by atoms with Gasteiger partial charge in [0.05, 0.1) is 26.0 Å². The molecular weight excluding hydrogens is 1130 g/mol. The molecule has 0 bridgehead atoms. The fourth-order valence-electron chi connectivity index (χ4n) is 13.1. The van der Waals surface area contributed by atoms with E-state index in [0.717, 1.165) is 66.8 Å². The summed E-state index contributed by atoms with van der Waals surface area (Å²) in [6.07, 6.45) is 1.37. The Bertz CT molecular complexity index is 3570. The van der Waals surface area contributed by atoms with Crippen molar-refractivity contribution in [3.63, 3.8) is 0 Å². The smallest absolute Gasteiger partial charge is 0.354 e. The summed E-state index contributed by atoms with van der Waals surface area (Å²) in [7, 11) is -2.13. The van der Waals surface area contributed by atoms with Crippen LogP contribution in [0.5, 0.6) is 5.75 Å². The molecule has 8 rings (SSSR count). The molecule has 0 saturated carbocycles. The molecule has 16 heteroatoms. The number of aromatic nitrogens is 5. The summed E-state index contributed by atoms with van der Waals surface area (Å²) in [6, 6.07) is 36.5. The summed E-state index contributed by atoms with van der Waals surface area (Å²) in [5.41, 5.74) is 9.14. The summed E-state index contributed by atoms with van der Waals surface area (Å²) in [5.74, 6) is 0.0362. The van der Waals surface area contributed by atoms with Crippen molar-refractivity contribution in [1.82, 2.24) is 24.1 Å². The summed E-state index contributed by atoms with van der Waals surface area (Å²) in [6.45, 7) is 37.4. The van der Waals surface area contributed by atoms with Gasteiger partial charge < -0.3 is 27.3 Å². The van der Waals surface area contributed by atoms with Crippen molar-refractivity contribution >= 4 is 74.6 Å². The van der Waals surface area contributed by atoms with E-state index in [1.807, 2.05) is 60.7 Å². The summed E-state index contributed by atoms with van der Waals surface area (Å²) in [4.78, 5) is 13.9. The monoisotopic (exact) mass is 1230 g/mol. The Morgan fingerprint density at radius 3 is 1.93 bits per heavy atom. The van der Waals surface area contributed by atoms with Crippen LogP contribution in [0, 0.1) is 19.7 Å². The number of ether oxygens (including phenoxy) is 2. The van der Waals surface area contributed by atoms with Gasteiger partial charge in [0.2, 0.25) is 0 Å². The molecule has 5 aromatic carbocycles. The number of esters is 1. The van der Waals surface area contributed by atoms with Crippen molar-refractivity contribution in [2.75, 3.05) is 20.3 Å². The van der Waals surface area contributed by atoms with Crippen LogP contribution in [0.1, 0.15) is 140 Å². The van der Waals surface area contributed by atoms with Crippen LogP contribution < -0.4 is 14.8 Å². The van der Waals surface area contributed by atoms with E-state index in [4.69, 9.17) is 44.6 Å². The molecule has 0 aliphatic heterocycles. The molecule has 85 heavy (non-hydrogen) atoms. The summed E-state index contributed by atoms with van der Waals surface area (Å²) >= 11 is 7.47. The zero-order valence-electron chi connectivity index (χ0n) is 54.1. The minimum atomic E-state index is -3.04. The van der Waals surface area contributed by atoms with Gasteiger partial charge in [0, 0.05) is 71.1 Å². The molecule has 456 valence electrons. The second kappa shape index (κ2) is 26.0. The normalized spacial score (nSPS) is 13.3. The van der Waals surface area contributed by atoms with E-state index in [1.54, 1.807) is 6.07 Å². The molecule has 0 spiro atoms. The molecule has 0 radical (unpaired) electrons. The van der Waals surface area contributed by atoms with Crippen molar-refractivity contribution in [2.45, 2.75) is 175 Å². The number of fused-ring (bicyclic) bond motifs is 2. The standard InChI is InChI=1S/C69H93ClFN5O6Si3/c1-45(2)84(46(3)4,47(5)6)81-44-61(65-63(49(8)74(15)73-65)64-58(70)35-36-59-62(64)48(7)66(67(77)78-17)76(59)37-26-38-80-83(18,19)68(9,10)11)79-43-53-42-54(75(16)72-53)33-31-50-39-51-41-52(71)32-34-57(51)60(40-50)82-85(69(12,13)14,55-27-22-20-23-28-55)56-29-24-21-25-30-56/h20-25,27-30,32,34-36,39-42,45-47,61H,26,31,33,37-38,43-44H2,1-19H3. The lowest BCUT2D eigenvalue weighted by molar-refractivity contribution is -0.000494. The van der Waals surface area contributed by atoms with Crippen LogP contribution in [0.4, 0.5) is 4.39 Å². The van der Waals surface area contributed by atoms with Gasteiger partial charge in [-0.15, -0.1) is 0 Å². The van der Waals surface area contributed by atoms with Crippen molar-refractivity contribution in [1.29, 1.82) is 0 Å². The van der Waals surface area contributed by atoms with Crippen molar-refractivity contribution in [2.24, 2.45) is 14.1 Å². The van der Waals surface area contributed by atoms with Crippen LogP contribution >= 0.6 is 11.6 Å². The van der Waals surface area contributed by atoms with Crippen LogP contribution in [-0.2, 0) is 58.4 Å². The molecule has 0 saturated heterocycles. The first-order valence-electron chi connectivity index (χ1n) is 30.4. The van der Waals surface area contributed by atoms with E-state index < -0.39 is 37.0 Å². The average molecular weight is 1230 g/mol. The molecule has 0 aliphatic rings. The minimum Gasteiger partial charge on any atom is -0.534 e. The number of nitrogens with zero attached hydrogens (tertiary/aromatic N) is 5. The lowest BCUT2D eigenvalue weighted by Crippen LogP contribution is -2.68. The van der Waals surface area contributed by atoms with E-state index in [-0.39, 0.29) is 29.1 Å². The molecular formula is C69H93ClFN5O6Si3. The summed E-state index contributed by atoms with van der Waals surface area (Å²) < 4.78 is 55.5. The molecule has 0 fully saturated rings. The summed E-state index contributed by atoms with van der Waals surface area (Å²) in [5, 5.41) is 15.5. The number of hydrogen-bond donors (Lipinski definition) is 0. The number of benzene rings is 5. The van der Waals surface area contributed by atoms with Gasteiger partial charge in [-0.05, 0) is 142 Å². The SMILES string of the molecule is COC(=O)c1c(C)c2c(-c3c(C(CO[Si](C(C)C)(C(C)C)C(C)C)OCc4cc(CCc5cc(O[Si](c6ccccc6)(c6ccccc6)C(C)(C)C)c6ccc(F)cc6c5)n(C)n4)nn(C)c3C)c(Cl)ccc2n1CCCO[Si](C)(C)C(C)(C)C. The third-order valence-corrected chi connectivity index (χ3v) is 34.3. The Balaban J connectivity index is 1.15. The van der Waals surface area contributed by atoms with Gasteiger partial charge in [-0.25, -0.2) is 9.18 Å². The number of hydrogen-bond acceptors (Lipinski definition) is 8. The Morgan fingerprint density at radius 1 is 0.729 bits per heavy atom. The van der Waals surface area contributed by atoms with Gasteiger partial charge in [-0.2, -0.15) is 10.2 Å². The van der Waals surface area contributed by atoms with Crippen LogP contribution in [-0.4, -0.2) is 75.4 Å². The lowest BCUT2D eigenvalue weighted by Gasteiger charge is -2.43. The Kier molecular flexibility index (Phi) is 20.0. The van der Waals surface area contributed by atoms with E-state index >= 15 is 4.39 Å². The number of carbonyl (C=O) groups is 1.